The first-order valence-corrected chi connectivity index (χ1v) is 6.54. The average molecular weight is 333 g/mol. The van der Waals surface area contributed by atoms with Crippen LogP contribution < -0.4 is 5.43 Å². The van der Waals surface area contributed by atoms with Crippen LogP contribution in [0.4, 0.5) is 18.9 Å². The number of rotatable bonds is 3. The van der Waals surface area contributed by atoms with E-state index in [4.69, 9.17) is 23.2 Å². The van der Waals surface area contributed by atoms with Crippen molar-refractivity contribution in [2.24, 2.45) is 5.10 Å². The maximum atomic E-state index is 12.8. The molecule has 0 bridgehead atoms. The Hall–Kier alpha value is -1.72. The van der Waals surface area contributed by atoms with Gasteiger partial charge < -0.3 is 0 Å². The van der Waals surface area contributed by atoms with Gasteiger partial charge in [-0.3, -0.25) is 5.43 Å². The Kier molecular flexibility index (Phi) is 4.75. The number of hydrogen-bond acceptors (Lipinski definition) is 2. The number of para-hydroxylation sites is 1. The summed E-state index contributed by atoms with van der Waals surface area (Å²) in [5, 5.41) is 4.60. The Morgan fingerprint density at radius 1 is 1.05 bits per heavy atom. The van der Waals surface area contributed by atoms with Crippen molar-refractivity contribution in [3.05, 3.63) is 63.6 Å². The lowest BCUT2D eigenvalue weighted by molar-refractivity contribution is -0.136. The van der Waals surface area contributed by atoms with Crippen LogP contribution in [-0.2, 0) is 6.18 Å². The van der Waals surface area contributed by atoms with E-state index in [1.54, 1.807) is 12.1 Å². The summed E-state index contributed by atoms with van der Waals surface area (Å²) in [5.74, 6) is 0. The molecule has 0 fully saturated rings. The second-order valence-corrected chi connectivity index (χ2v) is 4.92. The van der Waals surface area contributed by atoms with Crippen LogP contribution in [0.25, 0.3) is 0 Å². The van der Waals surface area contributed by atoms with Crippen LogP contribution in [0.5, 0.6) is 0 Å². The molecular formula is C14H9Cl2F3N2. The van der Waals surface area contributed by atoms with Gasteiger partial charge in [0, 0.05) is 10.6 Å². The van der Waals surface area contributed by atoms with Crippen molar-refractivity contribution in [1.29, 1.82) is 0 Å². The molecule has 2 aromatic carbocycles. The predicted octanol–water partition coefficient (Wildman–Crippen LogP) is 5.46. The lowest BCUT2D eigenvalue weighted by Gasteiger charge is -2.11. The van der Waals surface area contributed by atoms with E-state index in [-0.39, 0.29) is 5.69 Å². The Bertz CT molecular complexity index is 670. The minimum atomic E-state index is -4.45. The van der Waals surface area contributed by atoms with Gasteiger partial charge in [0.2, 0.25) is 0 Å². The van der Waals surface area contributed by atoms with E-state index >= 15 is 0 Å². The molecule has 2 nitrogen and oxygen atoms in total. The third kappa shape index (κ3) is 4.12. The molecular weight excluding hydrogens is 324 g/mol. The zero-order valence-electron chi connectivity index (χ0n) is 10.5. The first-order valence-electron chi connectivity index (χ1n) is 5.78. The number of halogens is 5. The number of alkyl halides is 3. The molecule has 1 N–H and O–H groups in total. The third-order valence-electron chi connectivity index (χ3n) is 2.58. The van der Waals surface area contributed by atoms with Crippen LogP contribution in [0.1, 0.15) is 11.1 Å². The van der Waals surface area contributed by atoms with Crippen molar-refractivity contribution in [2.45, 2.75) is 6.18 Å². The Labute approximate surface area is 129 Å². The van der Waals surface area contributed by atoms with Crippen molar-refractivity contribution in [1.82, 2.24) is 0 Å². The highest BCUT2D eigenvalue weighted by Crippen LogP contribution is 2.34. The Balaban J connectivity index is 2.18. The van der Waals surface area contributed by atoms with Gasteiger partial charge in [0.15, 0.2) is 0 Å². The number of nitrogens with one attached hydrogen (secondary N) is 1. The fourth-order valence-corrected chi connectivity index (χ4v) is 2.06. The summed E-state index contributed by atoms with van der Waals surface area (Å²) in [7, 11) is 0. The topological polar surface area (TPSA) is 24.4 Å². The second-order valence-electron chi connectivity index (χ2n) is 4.08. The predicted molar refractivity (Wildman–Crippen MR) is 79.1 cm³/mol. The molecule has 0 saturated heterocycles. The molecule has 21 heavy (non-hydrogen) atoms. The molecule has 0 atom stereocenters. The zero-order valence-corrected chi connectivity index (χ0v) is 12.0. The number of hydrogen-bond donors (Lipinski definition) is 1. The minimum Gasteiger partial charge on any atom is -0.278 e. The summed E-state index contributed by atoms with van der Waals surface area (Å²) in [5.41, 5.74) is 1.99. The van der Waals surface area contributed by atoms with Crippen molar-refractivity contribution < 1.29 is 13.2 Å². The van der Waals surface area contributed by atoms with Gasteiger partial charge in [0.1, 0.15) is 0 Å². The van der Waals surface area contributed by atoms with E-state index in [0.29, 0.717) is 15.6 Å². The standard InChI is InChI=1S/C14H9Cl2F3N2/c15-10-6-5-9(12(16)7-10)8-20-21-13-4-2-1-3-11(13)14(17,18)19/h1-8,21H. The summed E-state index contributed by atoms with van der Waals surface area (Å²) in [6.07, 6.45) is -3.12. The van der Waals surface area contributed by atoms with E-state index in [0.717, 1.165) is 6.07 Å². The van der Waals surface area contributed by atoms with Crippen LogP contribution in [0.2, 0.25) is 10.0 Å². The average Bonchev–Trinajstić information content (AvgIpc) is 2.41. The molecule has 0 aliphatic rings. The van der Waals surface area contributed by atoms with E-state index in [9.17, 15) is 13.2 Å². The van der Waals surface area contributed by atoms with Gasteiger partial charge in [-0.2, -0.15) is 18.3 Å². The molecule has 0 unspecified atom stereocenters. The largest absolute Gasteiger partial charge is 0.418 e. The van der Waals surface area contributed by atoms with Crippen molar-refractivity contribution in [3.8, 4) is 0 Å². The molecule has 0 radical (unpaired) electrons. The molecule has 0 aliphatic carbocycles. The third-order valence-corrected chi connectivity index (χ3v) is 3.15. The molecule has 0 spiro atoms. The first-order chi connectivity index (χ1) is 9.88. The van der Waals surface area contributed by atoms with Gasteiger partial charge >= 0.3 is 6.18 Å². The first kappa shape index (κ1) is 15.7. The van der Waals surface area contributed by atoms with E-state index in [1.807, 2.05) is 0 Å². The SMILES string of the molecule is FC(F)(F)c1ccccc1NN=Cc1ccc(Cl)cc1Cl. The fourth-order valence-electron chi connectivity index (χ4n) is 1.61. The van der Waals surface area contributed by atoms with Crippen molar-refractivity contribution in [3.63, 3.8) is 0 Å². The van der Waals surface area contributed by atoms with Gasteiger partial charge in [-0.25, -0.2) is 0 Å². The van der Waals surface area contributed by atoms with Crippen molar-refractivity contribution >= 4 is 35.1 Å². The molecule has 0 amide bonds. The van der Waals surface area contributed by atoms with E-state index in [2.05, 4.69) is 10.5 Å². The fraction of sp³-hybridized carbons (Fsp3) is 0.0714. The second kappa shape index (κ2) is 6.37. The maximum absolute atomic E-state index is 12.8. The molecule has 7 heteroatoms. The minimum absolute atomic E-state index is 0.133. The Morgan fingerprint density at radius 3 is 2.43 bits per heavy atom. The van der Waals surface area contributed by atoms with E-state index < -0.39 is 11.7 Å². The van der Waals surface area contributed by atoms with Gasteiger partial charge in [-0.15, -0.1) is 0 Å². The van der Waals surface area contributed by atoms with Crippen LogP contribution in [-0.4, -0.2) is 6.21 Å². The summed E-state index contributed by atoms with van der Waals surface area (Å²) >= 11 is 11.7. The van der Waals surface area contributed by atoms with Crippen LogP contribution in [0.3, 0.4) is 0 Å². The van der Waals surface area contributed by atoms with Gasteiger partial charge in [-0.05, 0) is 24.3 Å². The lowest BCUT2D eigenvalue weighted by Crippen LogP contribution is -2.08. The summed E-state index contributed by atoms with van der Waals surface area (Å²) < 4.78 is 38.3. The zero-order chi connectivity index (χ0) is 15.5. The van der Waals surface area contributed by atoms with Crippen LogP contribution in [0.15, 0.2) is 47.6 Å². The summed E-state index contributed by atoms with van der Waals surface area (Å²) in [6.45, 7) is 0. The highest BCUT2D eigenvalue weighted by molar-refractivity contribution is 6.36. The molecule has 0 aliphatic heterocycles. The van der Waals surface area contributed by atoms with Gasteiger partial charge in [-0.1, -0.05) is 41.4 Å². The van der Waals surface area contributed by atoms with Crippen LogP contribution >= 0.6 is 23.2 Å². The monoisotopic (exact) mass is 332 g/mol. The highest BCUT2D eigenvalue weighted by Gasteiger charge is 2.33. The quantitative estimate of drug-likeness (QED) is 0.585. The number of hydrazone groups is 1. The smallest absolute Gasteiger partial charge is 0.278 e. The van der Waals surface area contributed by atoms with Gasteiger partial charge in [0.25, 0.3) is 0 Å². The molecule has 2 rings (SSSR count). The maximum Gasteiger partial charge on any atom is 0.418 e. The highest BCUT2D eigenvalue weighted by atomic mass is 35.5. The molecule has 0 saturated carbocycles. The lowest BCUT2D eigenvalue weighted by atomic mass is 10.2. The van der Waals surface area contributed by atoms with Gasteiger partial charge in [0.05, 0.1) is 22.5 Å². The molecule has 2 aromatic rings. The molecule has 0 aromatic heterocycles. The molecule has 110 valence electrons. The number of anilines is 1. The summed E-state index contributed by atoms with van der Waals surface area (Å²) in [4.78, 5) is 0. The normalized spacial score (nSPS) is 11.9. The number of nitrogens with zero attached hydrogens (tertiary/aromatic N) is 1. The van der Waals surface area contributed by atoms with Crippen LogP contribution in [0, 0.1) is 0 Å². The Morgan fingerprint density at radius 2 is 1.76 bits per heavy atom. The molecule has 0 heterocycles. The number of benzene rings is 2. The van der Waals surface area contributed by atoms with Crippen molar-refractivity contribution in [2.75, 3.05) is 5.43 Å². The van der Waals surface area contributed by atoms with E-state index in [1.165, 1.54) is 30.5 Å². The summed E-state index contributed by atoms with van der Waals surface area (Å²) in [6, 6.07) is 9.82.